The van der Waals surface area contributed by atoms with Gasteiger partial charge in [0.05, 0.1) is 38.6 Å². The average molecular weight is 1320 g/mol. The van der Waals surface area contributed by atoms with E-state index in [1.54, 1.807) is 6.08 Å². The second-order valence-electron chi connectivity index (χ2n) is 26.4. The predicted octanol–water partition coefficient (Wildman–Crippen LogP) is 10.7. The number of nitrogens with one attached hydrogen (secondary N) is 1. The van der Waals surface area contributed by atoms with Crippen LogP contribution in [0.5, 0.6) is 0 Å². The standard InChI is InChI=1S/C74H133NO18/c1-3-5-7-9-11-13-15-17-19-20-21-22-23-24-25-26-27-28-29-30-31-32-33-34-35-36-38-40-42-44-46-48-50-52-62(80)75-57(58(79)51-49-47-45-43-41-39-37-18-16-14-12-10-8-6-4-2)56-88-72-68(86)65(83)70(60(54-77)90-72)93-74-69(87)66(84)71(61(55-78)91-74)92-73-67(85)64(82)63(81)59(53-76)89-73/h15-18,20-21,41,43,49,51,57-61,63-74,76-79,81-87H,3-14,19,22-40,42,44-48,50,52-56H2,1-2H3,(H,75,80)/b17-15-,18-16+,21-20-,43-41+,51-49+. The molecule has 3 aliphatic rings. The number of amides is 1. The Kier molecular flexibility index (Phi) is 50.4. The smallest absolute Gasteiger partial charge is 0.220 e. The largest absolute Gasteiger partial charge is 0.394 e. The SMILES string of the molecule is CCCCCCC/C=C\C/C=C\CCCCCCCCCCCCCCCCCCCCCCCC(=O)NC(COC1OC(CO)C(OC2OC(CO)C(OC3OC(CO)C(O)C(O)C3O)C(O)C2O)C(O)C1O)C(O)/C=C/CC/C=C/CC/C=C/CCCCCCC. The van der Waals surface area contributed by atoms with E-state index >= 15 is 0 Å². The highest BCUT2D eigenvalue weighted by Gasteiger charge is 2.53. The van der Waals surface area contributed by atoms with Crippen molar-refractivity contribution in [1.29, 1.82) is 0 Å². The van der Waals surface area contributed by atoms with Crippen molar-refractivity contribution in [2.75, 3.05) is 26.4 Å². The van der Waals surface area contributed by atoms with E-state index in [0.717, 1.165) is 51.4 Å². The van der Waals surface area contributed by atoms with Gasteiger partial charge in [-0.05, 0) is 77.0 Å². The average Bonchev–Trinajstić information content (AvgIpc) is 0.902. The van der Waals surface area contributed by atoms with E-state index in [2.05, 4.69) is 67.8 Å². The van der Waals surface area contributed by atoms with Crippen molar-refractivity contribution in [2.45, 2.75) is 375 Å². The summed E-state index contributed by atoms with van der Waals surface area (Å²) in [5.74, 6) is -0.288. The Morgan fingerprint density at radius 2 is 0.720 bits per heavy atom. The van der Waals surface area contributed by atoms with Crippen LogP contribution in [0.3, 0.4) is 0 Å². The third kappa shape index (κ3) is 36.8. The Morgan fingerprint density at radius 3 is 1.14 bits per heavy atom. The van der Waals surface area contributed by atoms with E-state index in [1.807, 2.05) is 6.08 Å². The summed E-state index contributed by atoms with van der Waals surface area (Å²) < 4.78 is 34.3. The number of carbonyl (C=O) groups is 1. The van der Waals surface area contributed by atoms with Crippen LogP contribution < -0.4 is 5.32 Å². The van der Waals surface area contributed by atoms with Gasteiger partial charge in [0.15, 0.2) is 18.9 Å². The zero-order chi connectivity index (χ0) is 67.5. The summed E-state index contributed by atoms with van der Waals surface area (Å²) in [5, 5.41) is 120. The summed E-state index contributed by atoms with van der Waals surface area (Å²) in [6.45, 7) is 1.69. The predicted molar refractivity (Wildman–Crippen MR) is 365 cm³/mol. The number of aliphatic hydroxyl groups excluding tert-OH is 11. The van der Waals surface area contributed by atoms with E-state index < -0.39 is 124 Å². The number of aliphatic hydroxyl groups is 11. The summed E-state index contributed by atoms with van der Waals surface area (Å²) >= 11 is 0. The lowest BCUT2D eigenvalue weighted by Gasteiger charge is -2.48. The van der Waals surface area contributed by atoms with Gasteiger partial charge in [-0.3, -0.25) is 4.79 Å². The van der Waals surface area contributed by atoms with Gasteiger partial charge in [-0.25, -0.2) is 0 Å². The molecule has 1 amide bonds. The molecule has 542 valence electrons. The molecule has 19 nitrogen and oxygen atoms in total. The number of carbonyl (C=O) groups excluding carboxylic acids is 1. The molecule has 0 aromatic heterocycles. The van der Waals surface area contributed by atoms with Crippen LogP contribution in [-0.4, -0.2) is 193 Å². The molecule has 3 saturated heterocycles. The van der Waals surface area contributed by atoms with Gasteiger partial charge in [0, 0.05) is 6.42 Å². The molecule has 3 rings (SSSR count). The molecule has 0 bridgehead atoms. The molecule has 93 heavy (non-hydrogen) atoms. The molecule has 0 aromatic carbocycles. The maximum atomic E-state index is 13.4. The highest BCUT2D eigenvalue weighted by Crippen LogP contribution is 2.33. The summed E-state index contributed by atoms with van der Waals surface area (Å²) in [6, 6.07) is -0.997. The molecule has 0 radical (unpaired) electrons. The van der Waals surface area contributed by atoms with Gasteiger partial charge in [-0.2, -0.15) is 0 Å². The molecule has 0 aliphatic carbocycles. The van der Waals surface area contributed by atoms with Gasteiger partial charge in [-0.15, -0.1) is 0 Å². The Hall–Kier alpha value is -2.51. The fourth-order valence-electron chi connectivity index (χ4n) is 12.3. The molecule has 0 aromatic rings. The molecule has 17 unspecified atom stereocenters. The Morgan fingerprint density at radius 1 is 0.387 bits per heavy atom. The monoisotopic (exact) mass is 1320 g/mol. The zero-order valence-corrected chi connectivity index (χ0v) is 57.5. The molecule has 3 heterocycles. The number of allylic oxidation sites excluding steroid dienone is 9. The highest BCUT2D eigenvalue weighted by atomic mass is 16.8. The fourth-order valence-corrected chi connectivity index (χ4v) is 12.3. The minimum atomic E-state index is -1.98. The lowest BCUT2D eigenvalue weighted by molar-refractivity contribution is -0.379. The summed E-state index contributed by atoms with van der Waals surface area (Å²) in [4.78, 5) is 13.4. The van der Waals surface area contributed by atoms with Crippen LogP contribution >= 0.6 is 0 Å². The van der Waals surface area contributed by atoms with Crippen LogP contribution in [0.4, 0.5) is 0 Å². The fraction of sp³-hybridized carbons (Fsp3) is 0.851. The summed E-state index contributed by atoms with van der Waals surface area (Å²) in [7, 11) is 0. The first-order valence-corrected chi connectivity index (χ1v) is 37.0. The quantitative estimate of drug-likeness (QED) is 0.0199. The van der Waals surface area contributed by atoms with Crippen molar-refractivity contribution in [1.82, 2.24) is 5.32 Å². The first kappa shape index (κ1) is 84.7. The van der Waals surface area contributed by atoms with Crippen LogP contribution in [0.25, 0.3) is 0 Å². The van der Waals surface area contributed by atoms with Crippen LogP contribution in [0, 0.1) is 0 Å². The van der Waals surface area contributed by atoms with Crippen molar-refractivity contribution in [2.24, 2.45) is 0 Å². The van der Waals surface area contributed by atoms with Gasteiger partial charge in [-0.1, -0.05) is 248 Å². The van der Waals surface area contributed by atoms with Gasteiger partial charge in [0.1, 0.15) is 73.2 Å². The first-order chi connectivity index (χ1) is 45.3. The Bertz CT molecular complexity index is 1920. The normalized spacial score (nSPS) is 27.9. The number of rotatable bonds is 57. The lowest BCUT2D eigenvalue weighted by atomic mass is 9.96. The molecular weight excluding hydrogens is 1190 g/mol. The number of hydrogen-bond donors (Lipinski definition) is 12. The topological polar surface area (TPSA) is 307 Å². The van der Waals surface area contributed by atoms with Crippen molar-refractivity contribution in [3.05, 3.63) is 60.8 Å². The molecule has 0 saturated carbocycles. The third-order valence-electron chi connectivity index (χ3n) is 18.3. The van der Waals surface area contributed by atoms with Crippen molar-refractivity contribution >= 4 is 5.91 Å². The first-order valence-electron chi connectivity index (χ1n) is 37.0. The Balaban J connectivity index is 1.36. The van der Waals surface area contributed by atoms with Crippen LogP contribution in [0.15, 0.2) is 60.8 Å². The summed E-state index contributed by atoms with van der Waals surface area (Å²) in [6.07, 6.45) is 42.2. The molecule has 17 atom stereocenters. The van der Waals surface area contributed by atoms with Crippen LogP contribution in [-0.2, 0) is 33.2 Å². The molecule has 19 heteroatoms. The van der Waals surface area contributed by atoms with Crippen LogP contribution in [0.2, 0.25) is 0 Å². The molecule has 3 fully saturated rings. The number of ether oxygens (including phenoxy) is 6. The van der Waals surface area contributed by atoms with Gasteiger partial charge >= 0.3 is 0 Å². The number of hydrogen-bond acceptors (Lipinski definition) is 18. The van der Waals surface area contributed by atoms with Crippen LogP contribution in [0.1, 0.15) is 271 Å². The molecule has 3 aliphatic heterocycles. The Labute approximate surface area is 560 Å². The number of unbranched alkanes of at least 4 members (excludes halogenated alkanes) is 33. The minimum Gasteiger partial charge on any atom is -0.394 e. The van der Waals surface area contributed by atoms with Gasteiger partial charge < -0.3 is 89.9 Å². The van der Waals surface area contributed by atoms with E-state index in [4.69, 9.17) is 28.4 Å². The zero-order valence-electron chi connectivity index (χ0n) is 57.5. The lowest BCUT2D eigenvalue weighted by Crippen LogP contribution is -2.66. The molecule has 0 spiro atoms. The maximum absolute atomic E-state index is 13.4. The van der Waals surface area contributed by atoms with E-state index in [1.165, 1.54) is 186 Å². The van der Waals surface area contributed by atoms with E-state index in [-0.39, 0.29) is 18.9 Å². The van der Waals surface area contributed by atoms with Gasteiger partial charge in [0.25, 0.3) is 0 Å². The van der Waals surface area contributed by atoms with Crippen molar-refractivity contribution in [3.8, 4) is 0 Å². The molecular formula is C74H133NO18. The maximum Gasteiger partial charge on any atom is 0.220 e. The van der Waals surface area contributed by atoms with Crippen molar-refractivity contribution < 1.29 is 89.4 Å². The molecule has 12 N–H and O–H groups in total. The van der Waals surface area contributed by atoms with E-state index in [0.29, 0.717) is 12.8 Å². The minimum absolute atomic E-state index is 0.233. The summed E-state index contributed by atoms with van der Waals surface area (Å²) in [5.41, 5.74) is 0. The van der Waals surface area contributed by atoms with E-state index in [9.17, 15) is 61.0 Å². The third-order valence-corrected chi connectivity index (χ3v) is 18.3. The second-order valence-corrected chi connectivity index (χ2v) is 26.4. The van der Waals surface area contributed by atoms with Crippen molar-refractivity contribution in [3.63, 3.8) is 0 Å². The highest BCUT2D eigenvalue weighted by molar-refractivity contribution is 5.76. The second kappa shape index (κ2) is 55.4. The van der Waals surface area contributed by atoms with Gasteiger partial charge in [0.2, 0.25) is 5.91 Å².